The summed E-state index contributed by atoms with van der Waals surface area (Å²) in [4.78, 5) is 36.5. The Balaban J connectivity index is 2.24. The molecule has 0 radical (unpaired) electrons. The van der Waals surface area contributed by atoms with E-state index in [0.717, 1.165) is 0 Å². The highest BCUT2D eigenvalue weighted by atomic mass is 32.2. The van der Waals surface area contributed by atoms with Crippen molar-refractivity contribution in [3.63, 3.8) is 0 Å². The number of rotatable bonds is 9. The van der Waals surface area contributed by atoms with E-state index in [2.05, 4.69) is 10.6 Å². The van der Waals surface area contributed by atoms with Gasteiger partial charge in [-0.1, -0.05) is 48.5 Å². The van der Waals surface area contributed by atoms with Gasteiger partial charge in [-0.15, -0.1) is 0 Å². The van der Waals surface area contributed by atoms with E-state index in [-0.39, 0.29) is 12.1 Å². The number of carboxylic acids is 1. The molecule has 0 aliphatic rings. The van der Waals surface area contributed by atoms with Crippen molar-refractivity contribution in [1.29, 1.82) is 0 Å². The second-order valence-electron chi connectivity index (χ2n) is 5.92. The average Bonchev–Trinajstić information content (AvgIpc) is 2.71. The number of aliphatic carboxylic acids is 1. The number of hydrogen-bond acceptors (Lipinski definition) is 5. The minimum Gasteiger partial charge on any atom is -0.548 e. The molecule has 7 heteroatoms. The van der Waals surface area contributed by atoms with Crippen LogP contribution in [0.2, 0.25) is 0 Å². The predicted molar refractivity (Wildman–Crippen MR) is 108 cm³/mol. The Hall–Kier alpha value is -3.06. The molecule has 2 aromatic carbocycles. The zero-order valence-corrected chi connectivity index (χ0v) is 16.2. The van der Waals surface area contributed by atoms with Crippen molar-refractivity contribution in [1.82, 2.24) is 10.6 Å². The molecule has 1 atom stereocenters. The Bertz CT molecular complexity index is 838. The molecule has 0 heterocycles. The number of carbonyl (C=O) groups is 3. The van der Waals surface area contributed by atoms with Gasteiger partial charge >= 0.3 is 0 Å². The van der Waals surface area contributed by atoms with Crippen LogP contribution in [0.5, 0.6) is 0 Å². The van der Waals surface area contributed by atoms with E-state index in [4.69, 9.17) is 0 Å². The molecular weight excluding hydrogens is 376 g/mol. The monoisotopic (exact) mass is 397 g/mol. The van der Waals surface area contributed by atoms with Crippen LogP contribution in [0, 0.1) is 0 Å². The number of carboxylic acid groups (broad SMARTS) is 1. The fourth-order valence-corrected chi connectivity index (χ4v) is 2.85. The highest BCUT2D eigenvalue weighted by Gasteiger charge is 2.19. The third-order valence-corrected chi connectivity index (χ3v) is 4.48. The standard InChI is InChI=1S/C21H22N2O4S/c1-28-13-12-17(21(26)27)22-20(25)18(14-15-8-4-2-5-9-15)23-19(24)16-10-6-3-7-11-16/h2-11,14,17H,12-13H2,1H3,(H,22,25)(H,23,24)(H,26,27)/p-1/b18-14-/t17-/m1/s1. The van der Waals surface area contributed by atoms with Crippen molar-refractivity contribution in [2.45, 2.75) is 12.5 Å². The molecule has 0 saturated heterocycles. The fraction of sp³-hybridized carbons (Fsp3) is 0.190. The number of benzene rings is 2. The molecule has 0 aliphatic carbocycles. The first-order valence-electron chi connectivity index (χ1n) is 8.65. The van der Waals surface area contributed by atoms with E-state index in [1.807, 2.05) is 12.3 Å². The second kappa shape index (κ2) is 10.9. The molecule has 146 valence electrons. The van der Waals surface area contributed by atoms with E-state index in [0.29, 0.717) is 16.9 Å². The second-order valence-corrected chi connectivity index (χ2v) is 6.90. The zero-order chi connectivity index (χ0) is 20.4. The van der Waals surface area contributed by atoms with Crippen LogP contribution in [0.15, 0.2) is 66.4 Å². The summed E-state index contributed by atoms with van der Waals surface area (Å²) in [6.07, 6.45) is 3.56. The minimum absolute atomic E-state index is 0.0459. The van der Waals surface area contributed by atoms with Crippen LogP contribution in [0.25, 0.3) is 6.08 Å². The molecule has 0 spiro atoms. The molecule has 0 saturated carbocycles. The van der Waals surface area contributed by atoms with Gasteiger partial charge in [-0.25, -0.2) is 0 Å². The summed E-state index contributed by atoms with van der Waals surface area (Å²) in [6, 6.07) is 16.3. The normalized spacial score (nSPS) is 12.1. The van der Waals surface area contributed by atoms with Gasteiger partial charge in [0.1, 0.15) is 5.70 Å². The molecule has 2 aromatic rings. The van der Waals surface area contributed by atoms with Crippen molar-refractivity contribution in [3.8, 4) is 0 Å². The lowest BCUT2D eigenvalue weighted by atomic mass is 10.1. The lowest BCUT2D eigenvalue weighted by Crippen LogP contribution is -2.50. The van der Waals surface area contributed by atoms with Crippen LogP contribution in [0.3, 0.4) is 0 Å². The summed E-state index contributed by atoms with van der Waals surface area (Å²) in [5, 5.41) is 16.3. The predicted octanol–water partition coefficient (Wildman–Crippen LogP) is 1.45. The average molecular weight is 397 g/mol. The number of carbonyl (C=O) groups excluding carboxylic acids is 3. The van der Waals surface area contributed by atoms with Gasteiger partial charge in [0.25, 0.3) is 11.8 Å². The lowest BCUT2D eigenvalue weighted by molar-refractivity contribution is -0.308. The molecule has 28 heavy (non-hydrogen) atoms. The summed E-state index contributed by atoms with van der Waals surface area (Å²) < 4.78 is 0. The molecule has 0 bridgehead atoms. The maximum atomic E-state index is 12.7. The van der Waals surface area contributed by atoms with Crippen LogP contribution < -0.4 is 15.7 Å². The van der Waals surface area contributed by atoms with E-state index >= 15 is 0 Å². The highest BCUT2D eigenvalue weighted by molar-refractivity contribution is 7.98. The van der Waals surface area contributed by atoms with Crippen LogP contribution >= 0.6 is 11.8 Å². The summed E-state index contributed by atoms with van der Waals surface area (Å²) in [5.74, 6) is -1.97. The Morgan fingerprint density at radius 3 is 2.21 bits per heavy atom. The maximum absolute atomic E-state index is 12.7. The molecule has 0 unspecified atom stereocenters. The van der Waals surface area contributed by atoms with Crippen molar-refractivity contribution in [2.24, 2.45) is 0 Å². The number of thioether (sulfide) groups is 1. The number of nitrogens with one attached hydrogen (secondary N) is 2. The van der Waals surface area contributed by atoms with Gasteiger partial charge in [0.15, 0.2) is 0 Å². The van der Waals surface area contributed by atoms with Crippen LogP contribution in [0.1, 0.15) is 22.3 Å². The summed E-state index contributed by atoms with van der Waals surface area (Å²) >= 11 is 1.47. The Morgan fingerprint density at radius 2 is 1.64 bits per heavy atom. The largest absolute Gasteiger partial charge is 0.548 e. The van der Waals surface area contributed by atoms with E-state index < -0.39 is 23.8 Å². The molecule has 0 aliphatic heterocycles. The zero-order valence-electron chi connectivity index (χ0n) is 15.4. The molecule has 2 rings (SSSR count). The van der Waals surface area contributed by atoms with Crippen LogP contribution in [-0.4, -0.2) is 35.8 Å². The van der Waals surface area contributed by atoms with Gasteiger partial charge < -0.3 is 20.5 Å². The van der Waals surface area contributed by atoms with Gasteiger partial charge in [-0.05, 0) is 42.2 Å². The van der Waals surface area contributed by atoms with Crippen molar-refractivity contribution in [3.05, 3.63) is 77.5 Å². The SMILES string of the molecule is CSCC[C@@H](NC(=O)/C(=C/c1ccccc1)NC(=O)c1ccccc1)C(=O)[O-]. The highest BCUT2D eigenvalue weighted by Crippen LogP contribution is 2.08. The molecule has 2 N–H and O–H groups in total. The summed E-state index contributed by atoms with van der Waals surface area (Å²) in [6.45, 7) is 0. The smallest absolute Gasteiger partial charge is 0.268 e. The number of amides is 2. The van der Waals surface area contributed by atoms with Gasteiger partial charge in [0.05, 0.1) is 12.0 Å². The Labute approximate surface area is 168 Å². The van der Waals surface area contributed by atoms with Gasteiger partial charge in [-0.3, -0.25) is 9.59 Å². The summed E-state index contributed by atoms with van der Waals surface area (Å²) in [5.41, 5.74) is 1.03. The topological polar surface area (TPSA) is 98.3 Å². The first kappa shape index (κ1) is 21.2. The maximum Gasteiger partial charge on any atom is 0.268 e. The first-order chi connectivity index (χ1) is 13.5. The van der Waals surface area contributed by atoms with Crippen molar-refractivity contribution < 1.29 is 19.5 Å². The summed E-state index contributed by atoms with van der Waals surface area (Å²) in [7, 11) is 0. The minimum atomic E-state index is -1.36. The van der Waals surface area contributed by atoms with E-state index in [1.54, 1.807) is 54.6 Å². The van der Waals surface area contributed by atoms with E-state index in [9.17, 15) is 19.5 Å². The van der Waals surface area contributed by atoms with Gasteiger partial charge in [-0.2, -0.15) is 11.8 Å². The first-order valence-corrected chi connectivity index (χ1v) is 10.0. The van der Waals surface area contributed by atoms with Gasteiger partial charge in [0.2, 0.25) is 0 Å². The Morgan fingerprint density at radius 1 is 1.04 bits per heavy atom. The fourth-order valence-electron chi connectivity index (χ4n) is 2.38. The third-order valence-electron chi connectivity index (χ3n) is 3.84. The third kappa shape index (κ3) is 6.59. The van der Waals surface area contributed by atoms with Crippen molar-refractivity contribution in [2.75, 3.05) is 12.0 Å². The molecular formula is C21H21N2O4S-. The van der Waals surface area contributed by atoms with Gasteiger partial charge in [0, 0.05) is 5.56 Å². The molecule has 0 fully saturated rings. The number of hydrogen-bond donors (Lipinski definition) is 2. The Kier molecular flexibility index (Phi) is 8.30. The van der Waals surface area contributed by atoms with E-state index in [1.165, 1.54) is 17.8 Å². The lowest BCUT2D eigenvalue weighted by Gasteiger charge is -2.20. The van der Waals surface area contributed by atoms with Crippen LogP contribution in [0.4, 0.5) is 0 Å². The molecule has 0 aromatic heterocycles. The van der Waals surface area contributed by atoms with Crippen molar-refractivity contribution >= 4 is 35.6 Å². The quantitative estimate of drug-likeness (QED) is 0.624. The molecule has 2 amide bonds. The van der Waals surface area contributed by atoms with Crippen LogP contribution in [-0.2, 0) is 9.59 Å². The molecule has 6 nitrogen and oxygen atoms in total.